The minimum atomic E-state index is 0.222. The Labute approximate surface area is 108 Å². The van der Waals surface area contributed by atoms with Gasteiger partial charge in [0.2, 0.25) is 5.28 Å². The molecule has 0 spiro atoms. The summed E-state index contributed by atoms with van der Waals surface area (Å²) in [5, 5.41) is 1.47. The molecule has 1 aromatic heterocycles. The minimum Gasteiger partial charge on any atom is -0.225 e. The Bertz CT molecular complexity index is 477. The Balaban J connectivity index is 2.08. The van der Waals surface area contributed by atoms with Gasteiger partial charge in [-0.1, -0.05) is 53.7 Å². The lowest BCUT2D eigenvalue weighted by Gasteiger charge is -2.03. The minimum absolute atomic E-state index is 0.222. The molecule has 0 aliphatic carbocycles. The van der Waals surface area contributed by atoms with Crippen molar-refractivity contribution in [2.45, 2.75) is 10.8 Å². The van der Waals surface area contributed by atoms with E-state index in [0.717, 1.165) is 5.75 Å². The Morgan fingerprint density at radius 1 is 1.12 bits per heavy atom. The number of nitrogens with zero attached hydrogens (tertiary/aromatic N) is 2. The van der Waals surface area contributed by atoms with Crippen LogP contribution in [0, 0.1) is 0 Å². The van der Waals surface area contributed by atoms with Gasteiger partial charge in [-0.2, -0.15) is 0 Å². The monoisotopic (exact) mass is 270 g/mol. The van der Waals surface area contributed by atoms with Crippen LogP contribution in [0.1, 0.15) is 5.56 Å². The predicted molar refractivity (Wildman–Crippen MR) is 68.1 cm³/mol. The molecule has 0 aliphatic heterocycles. The van der Waals surface area contributed by atoms with E-state index in [9.17, 15) is 0 Å². The van der Waals surface area contributed by atoms with Crippen LogP contribution in [0.4, 0.5) is 0 Å². The zero-order valence-corrected chi connectivity index (χ0v) is 10.6. The van der Waals surface area contributed by atoms with Gasteiger partial charge in [-0.15, -0.1) is 0 Å². The number of thioether (sulfide) groups is 1. The highest BCUT2D eigenvalue weighted by molar-refractivity contribution is 7.98. The maximum atomic E-state index is 5.96. The Hall–Kier alpha value is -0.770. The second kappa shape index (κ2) is 5.53. The molecule has 0 saturated carbocycles. The first-order valence-electron chi connectivity index (χ1n) is 4.60. The molecule has 2 aromatic rings. The van der Waals surface area contributed by atoms with E-state index in [2.05, 4.69) is 22.1 Å². The van der Waals surface area contributed by atoms with Crippen LogP contribution in [0.15, 0.2) is 41.6 Å². The van der Waals surface area contributed by atoms with Crippen LogP contribution >= 0.6 is 35.0 Å². The average molecular weight is 271 g/mol. The topological polar surface area (TPSA) is 25.8 Å². The van der Waals surface area contributed by atoms with Gasteiger partial charge in [0.15, 0.2) is 0 Å². The number of hydrogen-bond donors (Lipinski definition) is 0. The molecule has 82 valence electrons. The van der Waals surface area contributed by atoms with Gasteiger partial charge in [0.25, 0.3) is 0 Å². The molecular formula is C11H8Cl2N2S. The highest BCUT2D eigenvalue weighted by Crippen LogP contribution is 2.27. The lowest BCUT2D eigenvalue weighted by atomic mass is 10.2. The molecule has 5 heteroatoms. The lowest BCUT2D eigenvalue weighted by Crippen LogP contribution is -1.87. The van der Waals surface area contributed by atoms with Crippen LogP contribution in [0.2, 0.25) is 10.3 Å². The van der Waals surface area contributed by atoms with E-state index < -0.39 is 0 Å². The second-order valence-corrected chi connectivity index (χ2v) is 4.78. The second-order valence-electron chi connectivity index (χ2n) is 3.07. The van der Waals surface area contributed by atoms with E-state index in [1.165, 1.54) is 11.8 Å². The number of benzene rings is 1. The average Bonchev–Trinajstić information content (AvgIpc) is 2.32. The van der Waals surface area contributed by atoms with Crippen molar-refractivity contribution in [3.05, 3.63) is 52.4 Å². The summed E-state index contributed by atoms with van der Waals surface area (Å²) in [4.78, 5) is 7.88. The van der Waals surface area contributed by atoms with Crippen LogP contribution in [-0.4, -0.2) is 9.97 Å². The largest absolute Gasteiger partial charge is 0.225 e. The molecule has 1 aromatic carbocycles. The maximum absolute atomic E-state index is 5.96. The molecular weight excluding hydrogens is 263 g/mol. The van der Waals surface area contributed by atoms with Crippen molar-refractivity contribution in [2.24, 2.45) is 0 Å². The van der Waals surface area contributed by atoms with Crippen molar-refractivity contribution in [3.63, 3.8) is 0 Å². The highest BCUT2D eigenvalue weighted by Gasteiger charge is 2.05. The van der Waals surface area contributed by atoms with Crippen molar-refractivity contribution >= 4 is 35.0 Å². The van der Waals surface area contributed by atoms with E-state index in [4.69, 9.17) is 23.2 Å². The fraction of sp³-hybridized carbons (Fsp3) is 0.0909. The fourth-order valence-corrected chi connectivity index (χ4v) is 2.43. The summed E-state index contributed by atoms with van der Waals surface area (Å²) in [5.41, 5.74) is 1.22. The SMILES string of the molecule is Clc1ncc(Cl)c(SCc2ccccc2)n1. The van der Waals surface area contributed by atoms with Crippen LogP contribution in [0.25, 0.3) is 0 Å². The van der Waals surface area contributed by atoms with Crippen molar-refractivity contribution in [3.8, 4) is 0 Å². The van der Waals surface area contributed by atoms with Crippen molar-refractivity contribution in [1.82, 2.24) is 9.97 Å². The molecule has 0 radical (unpaired) electrons. The standard InChI is InChI=1S/C11H8Cl2N2S/c12-9-6-14-11(13)15-10(9)16-7-8-4-2-1-3-5-8/h1-6H,7H2. The van der Waals surface area contributed by atoms with Crippen LogP contribution in [0.5, 0.6) is 0 Å². The first kappa shape index (κ1) is 11.7. The molecule has 0 amide bonds. The molecule has 16 heavy (non-hydrogen) atoms. The molecule has 0 fully saturated rings. The first-order chi connectivity index (χ1) is 7.75. The smallest absolute Gasteiger partial charge is 0.223 e. The third-order valence-electron chi connectivity index (χ3n) is 1.90. The van der Waals surface area contributed by atoms with Gasteiger partial charge >= 0.3 is 0 Å². The third-order valence-corrected chi connectivity index (χ3v) is 3.53. The Morgan fingerprint density at radius 3 is 2.62 bits per heavy atom. The number of rotatable bonds is 3. The number of halogens is 2. The van der Waals surface area contributed by atoms with Crippen LogP contribution < -0.4 is 0 Å². The normalized spacial score (nSPS) is 10.4. The summed E-state index contributed by atoms with van der Waals surface area (Å²) in [6.07, 6.45) is 1.52. The zero-order chi connectivity index (χ0) is 11.4. The van der Waals surface area contributed by atoms with Gasteiger partial charge in [0.05, 0.1) is 11.2 Å². The number of aromatic nitrogens is 2. The summed E-state index contributed by atoms with van der Waals surface area (Å²) >= 11 is 13.2. The highest BCUT2D eigenvalue weighted by atomic mass is 35.5. The summed E-state index contributed by atoms with van der Waals surface area (Å²) in [7, 11) is 0. The van der Waals surface area contributed by atoms with Gasteiger partial charge < -0.3 is 0 Å². The molecule has 0 bridgehead atoms. The third kappa shape index (κ3) is 3.11. The Morgan fingerprint density at radius 2 is 1.88 bits per heavy atom. The van der Waals surface area contributed by atoms with Gasteiger partial charge in [0, 0.05) is 5.75 Å². The van der Waals surface area contributed by atoms with Crippen molar-refractivity contribution < 1.29 is 0 Å². The van der Waals surface area contributed by atoms with Gasteiger partial charge in [-0.05, 0) is 17.2 Å². The number of hydrogen-bond acceptors (Lipinski definition) is 3. The quantitative estimate of drug-likeness (QED) is 0.478. The molecule has 1 heterocycles. The molecule has 0 aliphatic rings. The molecule has 0 unspecified atom stereocenters. The van der Waals surface area contributed by atoms with Crippen molar-refractivity contribution in [1.29, 1.82) is 0 Å². The Kier molecular flexibility index (Phi) is 4.04. The first-order valence-corrected chi connectivity index (χ1v) is 6.34. The summed E-state index contributed by atoms with van der Waals surface area (Å²) in [6, 6.07) is 10.1. The van der Waals surface area contributed by atoms with Crippen LogP contribution in [0.3, 0.4) is 0 Å². The van der Waals surface area contributed by atoms with E-state index in [1.807, 2.05) is 18.2 Å². The molecule has 0 N–H and O–H groups in total. The van der Waals surface area contributed by atoms with Gasteiger partial charge in [-0.3, -0.25) is 0 Å². The maximum Gasteiger partial charge on any atom is 0.223 e. The summed E-state index contributed by atoms with van der Waals surface area (Å²) in [5.74, 6) is 0.813. The lowest BCUT2D eigenvalue weighted by molar-refractivity contribution is 1.05. The van der Waals surface area contributed by atoms with E-state index in [0.29, 0.717) is 10.0 Å². The molecule has 0 saturated heterocycles. The molecule has 0 atom stereocenters. The van der Waals surface area contributed by atoms with Gasteiger partial charge in [0.1, 0.15) is 5.03 Å². The predicted octanol–water partition coefficient (Wildman–Crippen LogP) is 4.08. The van der Waals surface area contributed by atoms with Gasteiger partial charge in [-0.25, -0.2) is 9.97 Å². The summed E-state index contributed by atoms with van der Waals surface area (Å²) in [6.45, 7) is 0. The van der Waals surface area contributed by atoms with Crippen LogP contribution in [-0.2, 0) is 5.75 Å². The van der Waals surface area contributed by atoms with E-state index >= 15 is 0 Å². The zero-order valence-electron chi connectivity index (χ0n) is 8.23. The fourth-order valence-electron chi connectivity index (χ4n) is 1.16. The van der Waals surface area contributed by atoms with E-state index in [-0.39, 0.29) is 5.28 Å². The summed E-state index contributed by atoms with van der Waals surface area (Å²) < 4.78 is 0. The van der Waals surface area contributed by atoms with Crippen molar-refractivity contribution in [2.75, 3.05) is 0 Å². The van der Waals surface area contributed by atoms with E-state index in [1.54, 1.807) is 11.8 Å². The molecule has 2 rings (SSSR count). The molecule has 2 nitrogen and oxygen atoms in total.